The summed E-state index contributed by atoms with van der Waals surface area (Å²) in [4.78, 5) is 14.3. The number of amides is 1. The second kappa shape index (κ2) is 6.74. The SMILES string of the molecule is C[C@H]1C(=O)Nc2ccc(S(=O)(=O)N3CCN(C)C[C@@H]3c3ccccc3)cc21. The molecule has 1 amide bonds. The number of benzene rings is 2. The molecule has 0 spiro atoms. The molecule has 2 aromatic carbocycles. The van der Waals surface area contributed by atoms with E-state index in [4.69, 9.17) is 0 Å². The number of sulfonamides is 1. The fourth-order valence-electron chi connectivity index (χ4n) is 3.83. The Morgan fingerprint density at radius 1 is 1.07 bits per heavy atom. The highest BCUT2D eigenvalue weighted by Gasteiger charge is 2.37. The van der Waals surface area contributed by atoms with Gasteiger partial charge in [-0.05, 0) is 43.3 Å². The van der Waals surface area contributed by atoms with Crippen LogP contribution in [0.1, 0.15) is 30.0 Å². The zero-order chi connectivity index (χ0) is 19.2. The zero-order valence-electron chi connectivity index (χ0n) is 15.4. The first kappa shape index (κ1) is 18.2. The van der Waals surface area contributed by atoms with Crippen LogP contribution in [0.15, 0.2) is 53.4 Å². The van der Waals surface area contributed by atoms with Crippen LogP contribution in [-0.4, -0.2) is 50.2 Å². The van der Waals surface area contributed by atoms with Crippen molar-refractivity contribution in [2.75, 3.05) is 32.0 Å². The lowest BCUT2D eigenvalue weighted by Crippen LogP contribution is -2.49. The van der Waals surface area contributed by atoms with Crippen molar-refractivity contribution in [1.82, 2.24) is 9.21 Å². The van der Waals surface area contributed by atoms with Gasteiger partial charge in [-0.3, -0.25) is 4.79 Å². The lowest BCUT2D eigenvalue weighted by Gasteiger charge is -2.39. The summed E-state index contributed by atoms with van der Waals surface area (Å²) in [5.41, 5.74) is 2.43. The number of anilines is 1. The highest BCUT2D eigenvalue weighted by atomic mass is 32.2. The smallest absolute Gasteiger partial charge is 0.243 e. The Labute approximate surface area is 159 Å². The van der Waals surface area contributed by atoms with E-state index in [2.05, 4.69) is 10.2 Å². The lowest BCUT2D eigenvalue weighted by atomic mass is 10.0. The van der Waals surface area contributed by atoms with Gasteiger partial charge < -0.3 is 10.2 Å². The average Bonchev–Trinajstić information content (AvgIpc) is 2.96. The van der Waals surface area contributed by atoms with Crippen molar-refractivity contribution >= 4 is 21.6 Å². The van der Waals surface area contributed by atoms with E-state index in [0.717, 1.165) is 11.1 Å². The molecule has 0 aromatic heterocycles. The Hall–Kier alpha value is -2.22. The van der Waals surface area contributed by atoms with Crippen LogP contribution in [0, 0.1) is 0 Å². The molecule has 1 N–H and O–H groups in total. The third kappa shape index (κ3) is 3.16. The first-order chi connectivity index (χ1) is 12.9. The van der Waals surface area contributed by atoms with Gasteiger partial charge in [0.25, 0.3) is 0 Å². The maximum atomic E-state index is 13.5. The molecule has 0 aliphatic carbocycles. The van der Waals surface area contributed by atoms with Gasteiger partial charge in [-0.2, -0.15) is 4.31 Å². The number of piperazine rings is 1. The highest BCUT2D eigenvalue weighted by molar-refractivity contribution is 7.89. The van der Waals surface area contributed by atoms with Gasteiger partial charge >= 0.3 is 0 Å². The van der Waals surface area contributed by atoms with Crippen LogP contribution in [0.5, 0.6) is 0 Å². The Balaban J connectivity index is 1.73. The van der Waals surface area contributed by atoms with E-state index >= 15 is 0 Å². The molecule has 2 atom stereocenters. The third-order valence-corrected chi connectivity index (χ3v) is 7.37. The summed E-state index contributed by atoms with van der Waals surface area (Å²) in [7, 11) is -1.67. The Morgan fingerprint density at radius 3 is 2.56 bits per heavy atom. The van der Waals surface area contributed by atoms with Gasteiger partial charge in [-0.25, -0.2) is 8.42 Å². The molecule has 6 nitrogen and oxygen atoms in total. The number of fused-ring (bicyclic) bond motifs is 1. The standard InChI is InChI=1S/C20H23N3O3S/c1-14-17-12-16(8-9-18(17)21-20(14)24)27(25,26)23-11-10-22(2)13-19(23)15-6-4-3-5-7-15/h3-9,12,14,19H,10-11,13H2,1-2H3,(H,21,24)/t14-,19-/m1/s1. The van der Waals surface area contributed by atoms with Crippen LogP contribution in [-0.2, 0) is 14.8 Å². The Morgan fingerprint density at radius 2 is 1.81 bits per heavy atom. The number of likely N-dealkylation sites (N-methyl/N-ethyl adjacent to an activating group) is 1. The molecule has 0 radical (unpaired) electrons. The summed E-state index contributed by atoms with van der Waals surface area (Å²) in [5.74, 6) is -0.436. The number of hydrogen-bond donors (Lipinski definition) is 1. The van der Waals surface area contributed by atoms with Crippen LogP contribution >= 0.6 is 0 Å². The first-order valence-electron chi connectivity index (χ1n) is 9.08. The Kier molecular flexibility index (Phi) is 4.53. The molecule has 2 heterocycles. The van der Waals surface area contributed by atoms with Crippen LogP contribution in [0.25, 0.3) is 0 Å². The first-order valence-corrected chi connectivity index (χ1v) is 10.5. The van der Waals surface area contributed by atoms with Gasteiger partial charge in [0.15, 0.2) is 0 Å². The fraction of sp³-hybridized carbons (Fsp3) is 0.350. The monoisotopic (exact) mass is 385 g/mol. The van der Waals surface area contributed by atoms with Crippen LogP contribution < -0.4 is 5.32 Å². The van der Waals surface area contributed by atoms with Gasteiger partial charge in [0.1, 0.15) is 0 Å². The second-order valence-corrected chi connectivity index (χ2v) is 9.16. The summed E-state index contributed by atoms with van der Waals surface area (Å²) in [6.07, 6.45) is 0. The van der Waals surface area contributed by atoms with E-state index in [-0.39, 0.29) is 22.8 Å². The van der Waals surface area contributed by atoms with E-state index in [0.29, 0.717) is 25.3 Å². The van der Waals surface area contributed by atoms with Crippen molar-refractivity contribution in [3.63, 3.8) is 0 Å². The summed E-state index contributed by atoms with van der Waals surface area (Å²) in [6, 6.07) is 14.4. The van der Waals surface area contributed by atoms with E-state index in [1.54, 1.807) is 29.4 Å². The predicted molar refractivity (Wildman–Crippen MR) is 104 cm³/mol. The number of carbonyl (C=O) groups is 1. The van der Waals surface area contributed by atoms with Crippen molar-refractivity contribution < 1.29 is 13.2 Å². The fourth-order valence-corrected chi connectivity index (χ4v) is 5.46. The molecule has 0 unspecified atom stereocenters. The minimum atomic E-state index is -3.68. The molecule has 4 rings (SSSR count). The average molecular weight is 385 g/mol. The van der Waals surface area contributed by atoms with Crippen molar-refractivity contribution in [1.29, 1.82) is 0 Å². The molecule has 27 heavy (non-hydrogen) atoms. The minimum Gasteiger partial charge on any atom is -0.325 e. The third-order valence-electron chi connectivity index (χ3n) is 5.47. The van der Waals surface area contributed by atoms with Gasteiger partial charge in [0.05, 0.1) is 16.9 Å². The molecular weight excluding hydrogens is 362 g/mol. The van der Waals surface area contributed by atoms with Crippen LogP contribution in [0.3, 0.4) is 0 Å². The van der Waals surface area contributed by atoms with Crippen molar-refractivity contribution in [2.45, 2.75) is 23.8 Å². The van der Waals surface area contributed by atoms with Crippen molar-refractivity contribution in [3.05, 3.63) is 59.7 Å². The van der Waals surface area contributed by atoms with Crippen LogP contribution in [0.4, 0.5) is 5.69 Å². The molecule has 0 saturated carbocycles. The van der Waals surface area contributed by atoms with Gasteiger partial charge in [0.2, 0.25) is 15.9 Å². The molecule has 2 aliphatic rings. The predicted octanol–water partition coefficient (Wildman–Crippen LogP) is 2.42. The molecule has 1 fully saturated rings. The van der Waals surface area contributed by atoms with E-state index in [9.17, 15) is 13.2 Å². The minimum absolute atomic E-state index is 0.0960. The van der Waals surface area contributed by atoms with Gasteiger partial charge in [-0.1, -0.05) is 30.3 Å². The second-order valence-electron chi connectivity index (χ2n) is 7.26. The van der Waals surface area contributed by atoms with E-state index in [1.807, 2.05) is 37.4 Å². The van der Waals surface area contributed by atoms with Gasteiger partial charge in [0, 0.05) is 25.3 Å². The summed E-state index contributed by atoms with van der Waals surface area (Å²) >= 11 is 0. The number of nitrogens with one attached hydrogen (secondary N) is 1. The normalized spacial score (nSPS) is 23.9. The maximum Gasteiger partial charge on any atom is 0.243 e. The number of rotatable bonds is 3. The van der Waals surface area contributed by atoms with Gasteiger partial charge in [-0.15, -0.1) is 0 Å². The largest absolute Gasteiger partial charge is 0.325 e. The molecule has 142 valence electrons. The molecule has 1 saturated heterocycles. The highest BCUT2D eigenvalue weighted by Crippen LogP contribution is 2.36. The summed E-state index contributed by atoms with van der Waals surface area (Å²) in [5, 5.41) is 2.79. The number of nitrogens with zero attached hydrogens (tertiary/aromatic N) is 2. The quantitative estimate of drug-likeness (QED) is 0.881. The summed E-state index contributed by atoms with van der Waals surface area (Å²) < 4.78 is 28.5. The maximum absolute atomic E-state index is 13.5. The van der Waals surface area contributed by atoms with Crippen molar-refractivity contribution in [3.8, 4) is 0 Å². The molecule has 2 aromatic rings. The van der Waals surface area contributed by atoms with E-state index < -0.39 is 10.0 Å². The zero-order valence-corrected chi connectivity index (χ0v) is 16.2. The lowest BCUT2D eigenvalue weighted by molar-refractivity contribution is -0.116. The molecule has 2 aliphatic heterocycles. The number of hydrogen-bond acceptors (Lipinski definition) is 4. The van der Waals surface area contributed by atoms with Crippen molar-refractivity contribution in [2.24, 2.45) is 0 Å². The topological polar surface area (TPSA) is 69.7 Å². The summed E-state index contributed by atoms with van der Waals surface area (Å²) in [6.45, 7) is 3.55. The molecular formula is C20H23N3O3S. The van der Waals surface area contributed by atoms with E-state index in [1.165, 1.54) is 0 Å². The van der Waals surface area contributed by atoms with Crippen LogP contribution in [0.2, 0.25) is 0 Å². The molecule has 0 bridgehead atoms. The molecule has 7 heteroatoms. The Bertz CT molecular complexity index is 975. The number of carbonyl (C=O) groups excluding carboxylic acids is 1.